The molecule has 0 aromatic heterocycles. The fourth-order valence-electron chi connectivity index (χ4n) is 3.11. The highest BCUT2D eigenvalue weighted by molar-refractivity contribution is 5.82. The van der Waals surface area contributed by atoms with Crippen LogP contribution < -0.4 is 0 Å². The van der Waals surface area contributed by atoms with E-state index in [1.54, 1.807) is 6.08 Å². The first-order valence-corrected chi connectivity index (χ1v) is 7.89. The van der Waals surface area contributed by atoms with Gasteiger partial charge < -0.3 is 14.6 Å². The van der Waals surface area contributed by atoms with E-state index in [1.165, 1.54) is 12.0 Å². The van der Waals surface area contributed by atoms with Gasteiger partial charge in [0.25, 0.3) is 0 Å². The molecule has 24 heavy (non-hydrogen) atoms. The van der Waals surface area contributed by atoms with Gasteiger partial charge in [0.15, 0.2) is 0 Å². The molecule has 1 heterocycles. The number of rotatable bonds is 6. The quantitative estimate of drug-likeness (QED) is 0.636. The van der Waals surface area contributed by atoms with Crippen LogP contribution in [0.3, 0.4) is 0 Å². The van der Waals surface area contributed by atoms with Gasteiger partial charge in [0, 0.05) is 25.0 Å². The van der Waals surface area contributed by atoms with Crippen LogP contribution in [-0.2, 0) is 20.9 Å². The summed E-state index contributed by atoms with van der Waals surface area (Å²) in [5.41, 5.74) is 0.862. The smallest absolute Gasteiger partial charge is 0.410 e. The number of allylic oxidation sites excluding steroid dienone is 1. The summed E-state index contributed by atoms with van der Waals surface area (Å²) in [4.78, 5) is 26.0. The van der Waals surface area contributed by atoms with Gasteiger partial charge >= 0.3 is 12.1 Å². The number of carbonyl (C=O) groups is 2. The van der Waals surface area contributed by atoms with Crippen molar-refractivity contribution in [3.63, 3.8) is 0 Å². The molecule has 1 aromatic rings. The number of aliphatic hydroxyl groups excluding tert-OH is 1. The highest BCUT2D eigenvalue weighted by Crippen LogP contribution is 2.34. The molecule has 1 saturated heterocycles. The summed E-state index contributed by atoms with van der Waals surface area (Å²) in [6, 6.07) is 8.53. The van der Waals surface area contributed by atoms with E-state index in [0.717, 1.165) is 5.56 Å². The number of hydrogen-bond donors (Lipinski definition) is 1. The van der Waals surface area contributed by atoms with Crippen molar-refractivity contribution >= 4 is 12.1 Å². The maximum absolute atomic E-state index is 12.4. The van der Waals surface area contributed by atoms with Crippen molar-refractivity contribution in [2.45, 2.75) is 19.1 Å². The van der Waals surface area contributed by atoms with E-state index >= 15 is 0 Å². The van der Waals surface area contributed by atoms with Crippen LogP contribution in [0.25, 0.3) is 0 Å². The molecule has 3 atom stereocenters. The van der Waals surface area contributed by atoms with Gasteiger partial charge in [-0.3, -0.25) is 4.90 Å². The van der Waals surface area contributed by atoms with Gasteiger partial charge in [-0.25, -0.2) is 9.59 Å². The number of aliphatic hydroxyl groups is 1. The Hall–Kier alpha value is -2.34. The molecule has 1 fully saturated rings. The van der Waals surface area contributed by atoms with Crippen molar-refractivity contribution < 1.29 is 24.2 Å². The van der Waals surface area contributed by atoms with E-state index in [9.17, 15) is 14.7 Å². The van der Waals surface area contributed by atoms with Crippen LogP contribution in [0, 0.1) is 11.8 Å². The summed E-state index contributed by atoms with van der Waals surface area (Å²) in [5, 5.41) is 9.58. The van der Waals surface area contributed by atoms with Crippen LogP contribution in [-0.4, -0.2) is 48.4 Å². The third kappa shape index (κ3) is 3.94. The number of carbonyl (C=O) groups excluding carboxylic acids is 2. The van der Waals surface area contributed by atoms with Gasteiger partial charge in [0.1, 0.15) is 12.6 Å². The second-order valence-electron chi connectivity index (χ2n) is 5.79. The topological polar surface area (TPSA) is 76.1 Å². The third-order valence-corrected chi connectivity index (χ3v) is 4.33. The predicted molar refractivity (Wildman–Crippen MR) is 88.0 cm³/mol. The fraction of sp³-hybridized carbons (Fsp3) is 0.444. The Morgan fingerprint density at radius 2 is 2.08 bits per heavy atom. The van der Waals surface area contributed by atoms with Crippen molar-refractivity contribution in [1.29, 1.82) is 0 Å². The lowest BCUT2D eigenvalue weighted by Crippen LogP contribution is -2.44. The van der Waals surface area contributed by atoms with Gasteiger partial charge in [-0.1, -0.05) is 36.4 Å². The van der Waals surface area contributed by atoms with Crippen LogP contribution in [0.15, 0.2) is 43.0 Å². The van der Waals surface area contributed by atoms with Crippen molar-refractivity contribution in [1.82, 2.24) is 4.90 Å². The van der Waals surface area contributed by atoms with Crippen LogP contribution in [0.5, 0.6) is 0 Å². The summed E-state index contributed by atoms with van der Waals surface area (Å²) in [6.45, 7) is 3.95. The monoisotopic (exact) mass is 333 g/mol. The standard InChI is InChI=1S/C18H23NO5/c1-3-7-15-14(11-20)10-19(16(15)17(21)23-2)18(22)24-12-13-8-5-4-6-9-13/h3-6,8-9,14-16,20H,1,7,10-12H2,2H3. The Bertz CT molecular complexity index is 574. The number of esters is 1. The van der Waals surface area contributed by atoms with Gasteiger partial charge in [-0.2, -0.15) is 0 Å². The molecule has 1 aliphatic heterocycles. The van der Waals surface area contributed by atoms with Crippen molar-refractivity contribution in [2.24, 2.45) is 11.8 Å². The van der Waals surface area contributed by atoms with Crippen molar-refractivity contribution in [3.8, 4) is 0 Å². The number of benzene rings is 1. The first kappa shape index (κ1) is 18.0. The number of methoxy groups -OCH3 is 1. The van der Waals surface area contributed by atoms with E-state index in [2.05, 4.69) is 6.58 Å². The lowest BCUT2D eigenvalue weighted by molar-refractivity contribution is -0.146. The van der Waals surface area contributed by atoms with Crippen LogP contribution in [0.4, 0.5) is 4.79 Å². The lowest BCUT2D eigenvalue weighted by atomic mass is 9.88. The molecule has 130 valence electrons. The molecule has 6 heteroatoms. The molecule has 0 spiro atoms. The number of hydrogen-bond acceptors (Lipinski definition) is 5. The minimum atomic E-state index is -0.770. The zero-order chi connectivity index (χ0) is 17.5. The largest absolute Gasteiger partial charge is 0.467 e. The zero-order valence-corrected chi connectivity index (χ0v) is 13.8. The van der Waals surface area contributed by atoms with Crippen LogP contribution in [0.2, 0.25) is 0 Å². The van der Waals surface area contributed by atoms with Gasteiger partial charge in [0.2, 0.25) is 0 Å². The number of nitrogens with zero attached hydrogens (tertiary/aromatic N) is 1. The summed E-state index contributed by atoms with van der Waals surface area (Å²) in [5.74, 6) is -0.949. The molecule has 0 saturated carbocycles. The maximum Gasteiger partial charge on any atom is 0.410 e. The molecule has 2 rings (SSSR count). The Kier molecular flexibility index (Phi) is 6.37. The number of amides is 1. The molecule has 3 unspecified atom stereocenters. The molecule has 0 radical (unpaired) electrons. The van der Waals surface area contributed by atoms with Crippen LogP contribution >= 0.6 is 0 Å². The number of ether oxygens (including phenoxy) is 2. The average molecular weight is 333 g/mol. The van der Waals surface area contributed by atoms with Gasteiger partial charge in [0.05, 0.1) is 7.11 Å². The predicted octanol–water partition coefficient (Wildman–Crippen LogP) is 1.98. The molecule has 1 aromatic carbocycles. The summed E-state index contributed by atoms with van der Waals surface area (Å²) in [7, 11) is 1.28. The maximum atomic E-state index is 12.4. The van der Waals surface area contributed by atoms with E-state index in [0.29, 0.717) is 6.42 Å². The first-order valence-electron chi connectivity index (χ1n) is 7.89. The van der Waals surface area contributed by atoms with Crippen molar-refractivity contribution in [2.75, 3.05) is 20.3 Å². The van der Waals surface area contributed by atoms with E-state index < -0.39 is 18.1 Å². The molecule has 6 nitrogen and oxygen atoms in total. The lowest BCUT2D eigenvalue weighted by Gasteiger charge is -2.25. The van der Waals surface area contributed by atoms with Crippen molar-refractivity contribution in [3.05, 3.63) is 48.6 Å². The molecule has 1 aliphatic rings. The summed E-state index contributed by atoms with van der Waals surface area (Å²) in [6.07, 6.45) is 1.61. The van der Waals surface area contributed by atoms with E-state index in [-0.39, 0.29) is 31.6 Å². The molecular weight excluding hydrogens is 310 g/mol. The Balaban J connectivity index is 2.11. The number of likely N-dealkylation sites (tertiary alicyclic amines) is 1. The minimum Gasteiger partial charge on any atom is -0.467 e. The fourth-order valence-corrected chi connectivity index (χ4v) is 3.11. The highest BCUT2D eigenvalue weighted by Gasteiger charge is 2.48. The Labute approximate surface area is 141 Å². The molecule has 0 bridgehead atoms. The van der Waals surface area contributed by atoms with Crippen LogP contribution in [0.1, 0.15) is 12.0 Å². The second-order valence-corrected chi connectivity index (χ2v) is 5.79. The van der Waals surface area contributed by atoms with E-state index in [1.807, 2.05) is 30.3 Å². The van der Waals surface area contributed by atoms with Gasteiger partial charge in [-0.05, 0) is 12.0 Å². The Morgan fingerprint density at radius 3 is 2.67 bits per heavy atom. The summed E-state index contributed by atoms with van der Waals surface area (Å²) >= 11 is 0. The molecule has 1 N–H and O–H groups in total. The normalized spacial score (nSPS) is 22.9. The minimum absolute atomic E-state index is 0.117. The first-order chi connectivity index (χ1) is 11.6. The van der Waals surface area contributed by atoms with Gasteiger partial charge in [-0.15, -0.1) is 6.58 Å². The second kappa shape index (κ2) is 8.49. The molecule has 1 amide bonds. The zero-order valence-electron chi connectivity index (χ0n) is 13.8. The SMILES string of the molecule is C=CCC1C(CO)CN(C(=O)OCc2ccccc2)C1C(=O)OC. The van der Waals surface area contributed by atoms with E-state index in [4.69, 9.17) is 9.47 Å². The molecule has 0 aliphatic carbocycles. The highest BCUT2D eigenvalue weighted by atomic mass is 16.6. The third-order valence-electron chi connectivity index (χ3n) is 4.33. The molecular formula is C18H23NO5. The average Bonchev–Trinajstić information content (AvgIpc) is 2.98. The summed E-state index contributed by atoms with van der Waals surface area (Å²) < 4.78 is 10.2. The Morgan fingerprint density at radius 1 is 1.38 bits per heavy atom.